The molecule has 0 fully saturated rings. The number of hydrogen-bond acceptors (Lipinski definition) is 4. The molecule has 6 nitrogen and oxygen atoms in total. The maximum atomic E-state index is 11.7. The van der Waals surface area contributed by atoms with Crippen LogP contribution in [0.3, 0.4) is 0 Å². The number of anilines is 1. The number of thiazole rings is 1. The third-order valence-electron chi connectivity index (χ3n) is 2.34. The van der Waals surface area contributed by atoms with Crippen LogP contribution in [0.15, 0.2) is 0 Å². The molecular formula is C10H14N4O2S. The van der Waals surface area contributed by atoms with Gasteiger partial charge in [0.2, 0.25) is 0 Å². The number of aromatic nitrogens is 1. The summed E-state index contributed by atoms with van der Waals surface area (Å²) in [5.41, 5.74) is 0.775. The fourth-order valence-electron chi connectivity index (χ4n) is 1.59. The molecule has 3 N–H and O–H groups in total. The van der Waals surface area contributed by atoms with Crippen molar-refractivity contribution in [3.8, 4) is 0 Å². The first-order valence-electron chi connectivity index (χ1n) is 5.53. The van der Waals surface area contributed by atoms with Gasteiger partial charge in [-0.25, -0.2) is 9.78 Å². The molecule has 1 aromatic heterocycles. The van der Waals surface area contributed by atoms with E-state index in [0.29, 0.717) is 23.1 Å². The second kappa shape index (κ2) is 5.13. The fourth-order valence-corrected chi connectivity index (χ4v) is 2.52. The van der Waals surface area contributed by atoms with Crippen molar-refractivity contribution in [2.24, 2.45) is 0 Å². The molecule has 0 bridgehead atoms. The van der Waals surface area contributed by atoms with E-state index in [9.17, 15) is 9.59 Å². The molecule has 0 radical (unpaired) electrons. The zero-order valence-corrected chi connectivity index (χ0v) is 10.3. The fraction of sp³-hybridized carbons (Fsp3) is 0.500. The first-order valence-corrected chi connectivity index (χ1v) is 6.35. The minimum Gasteiger partial charge on any atom is -0.351 e. The summed E-state index contributed by atoms with van der Waals surface area (Å²) in [4.78, 5) is 27.9. The predicted octanol–water partition coefficient (Wildman–Crippen LogP) is 0.961. The number of aryl methyl sites for hydroxylation is 1. The normalized spacial score (nSPS) is 14.5. The lowest BCUT2D eigenvalue weighted by atomic mass is 10.2. The number of carbonyl (C=O) groups excluding carboxylic acids is 2. The first-order chi connectivity index (χ1) is 8.20. The number of urea groups is 1. The van der Waals surface area contributed by atoms with Gasteiger partial charge in [0, 0.05) is 13.1 Å². The Hall–Kier alpha value is -1.63. The van der Waals surface area contributed by atoms with Crippen molar-refractivity contribution >= 4 is 28.4 Å². The van der Waals surface area contributed by atoms with Gasteiger partial charge in [-0.15, -0.1) is 0 Å². The maximum Gasteiger partial charge on any atom is 0.321 e. The summed E-state index contributed by atoms with van der Waals surface area (Å²) in [7, 11) is 0. The van der Waals surface area contributed by atoms with Gasteiger partial charge in [0.05, 0.1) is 5.69 Å². The number of hydrogen-bond donors (Lipinski definition) is 3. The van der Waals surface area contributed by atoms with Crippen LogP contribution in [0.5, 0.6) is 0 Å². The van der Waals surface area contributed by atoms with Gasteiger partial charge >= 0.3 is 6.03 Å². The van der Waals surface area contributed by atoms with E-state index in [1.807, 2.05) is 6.92 Å². The minimum absolute atomic E-state index is 0.0982. The molecule has 92 valence electrons. The molecule has 17 heavy (non-hydrogen) atoms. The molecule has 0 aromatic carbocycles. The van der Waals surface area contributed by atoms with Crippen LogP contribution < -0.4 is 16.0 Å². The zero-order chi connectivity index (χ0) is 12.3. The van der Waals surface area contributed by atoms with Crippen molar-refractivity contribution in [1.29, 1.82) is 0 Å². The Morgan fingerprint density at radius 2 is 2.41 bits per heavy atom. The quantitative estimate of drug-likeness (QED) is 0.735. The van der Waals surface area contributed by atoms with E-state index in [2.05, 4.69) is 20.9 Å². The van der Waals surface area contributed by atoms with Gasteiger partial charge in [-0.05, 0) is 19.8 Å². The molecule has 1 aliphatic rings. The van der Waals surface area contributed by atoms with Crippen LogP contribution in [0.2, 0.25) is 0 Å². The van der Waals surface area contributed by atoms with E-state index < -0.39 is 0 Å². The Kier molecular flexibility index (Phi) is 3.58. The third-order valence-corrected chi connectivity index (χ3v) is 3.35. The Morgan fingerprint density at radius 3 is 3.18 bits per heavy atom. The van der Waals surface area contributed by atoms with Crippen molar-refractivity contribution in [3.63, 3.8) is 0 Å². The smallest absolute Gasteiger partial charge is 0.321 e. The van der Waals surface area contributed by atoms with E-state index >= 15 is 0 Å². The van der Waals surface area contributed by atoms with E-state index in [1.54, 1.807) is 0 Å². The number of amides is 3. The molecule has 0 unspecified atom stereocenters. The van der Waals surface area contributed by atoms with Crippen molar-refractivity contribution in [2.45, 2.75) is 19.8 Å². The summed E-state index contributed by atoms with van der Waals surface area (Å²) in [6.45, 7) is 3.07. The highest BCUT2D eigenvalue weighted by molar-refractivity contribution is 7.17. The van der Waals surface area contributed by atoms with Crippen LogP contribution in [0.1, 0.15) is 28.7 Å². The lowest BCUT2D eigenvalue weighted by Crippen LogP contribution is -2.28. The molecule has 1 aliphatic heterocycles. The van der Waals surface area contributed by atoms with Crippen LogP contribution >= 0.6 is 11.3 Å². The topological polar surface area (TPSA) is 83.1 Å². The van der Waals surface area contributed by atoms with Crippen molar-refractivity contribution in [3.05, 3.63) is 10.6 Å². The van der Waals surface area contributed by atoms with Gasteiger partial charge in [-0.2, -0.15) is 0 Å². The molecular weight excluding hydrogens is 240 g/mol. The third kappa shape index (κ3) is 2.73. The molecule has 0 aliphatic carbocycles. The molecule has 0 saturated heterocycles. The van der Waals surface area contributed by atoms with Crippen LogP contribution in [0, 0.1) is 0 Å². The molecule has 7 heteroatoms. The number of rotatable bonds is 2. The van der Waals surface area contributed by atoms with Crippen LogP contribution in [0.4, 0.5) is 9.93 Å². The number of nitrogens with zero attached hydrogens (tertiary/aromatic N) is 1. The van der Waals surface area contributed by atoms with Crippen molar-refractivity contribution in [2.75, 3.05) is 18.4 Å². The summed E-state index contributed by atoms with van der Waals surface area (Å²) in [6.07, 6.45) is 1.64. The van der Waals surface area contributed by atoms with E-state index in [4.69, 9.17) is 0 Å². The first kappa shape index (κ1) is 11.8. The molecule has 0 spiro atoms. The average Bonchev–Trinajstić information content (AvgIpc) is 2.60. The maximum absolute atomic E-state index is 11.7. The van der Waals surface area contributed by atoms with E-state index in [-0.39, 0.29) is 11.9 Å². The zero-order valence-electron chi connectivity index (χ0n) is 9.50. The largest absolute Gasteiger partial charge is 0.351 e. The minimum atomic E-state index is -0.295. The van der Waals surface area contributed by atoms with Crippen molar-refractivity contribution < 1.29 is 9.59 Å². The molecule has 1 aromatic rings. The second-order valence-electron chi connectivity index (χ2n) is 3.64. The molecule has 2 heterocycles. The summed E-state index contributed by atoms with van der Waals surface area (Å²) in [5, 5.41) is 8.50. The lowest BCUT2D eigenvalue weighted by molar-refractivity contribution is 0.0960. The molecule has 3 amide bonds. The second-order valence-corrected chi connectivity index (χ2v) is 4.64. The van der Waals surface area contributed by atoms with Gasteiger partial charge in [0.25, 0.3) is 5.91 Å². The molecule has 0 saturated carbocycles. The van der Waals surface area contributed by atoms with Gasteiger partial charge in [-0.1, -0.05) is 11.3 Å². The van der Waals surface area contributed by atoms with Gasteiger partial charge in [0.15, 0.2) is 5.13 Å². The summed E-state index contributed by atoms with van der Waals surface area (Å²) < 4.78 is 0. The monoisotopic (exact) mass is 254 g/mol. The van der Waals surface area contributed by atoms with Crippen LogP contribution in [0.25, 0.3) is 0 Å². The molecule has 0 atom stereocenters. The van der Waals surface area contributed by atoms with Crippen LogP contribution in [-0.4, -0.2) is 30.0 Å². The summed E-state index contributed by atoms with van der Waals surface area (Å²) >= 11 is 1.22. The van der Waals surface area contributed by atoms with Gasteiger partial charge in [-0.3, -0.25) is 10.1 Å². The highest BCUT2D eigenvalue weighted by Crippen LogP contribution is 2.25. The number of fused-ring (bicyclic) bond motifs is 1. The standard InChI is InChI=1S/C10H14N4O2S/c1-2-11-9(16)14-10-13-6-4-3-5-12-8(15)7(6)17-10/h2-5H2,1H3,(H,12,15)(H2,11,13,14,16). The number of carbonyl (C=O) groups is 2. The Morgan fingerprint density at radius 1 is 1.59 bits per heavy atom. The Balaban J connectivity index is 2.14. The highest BCUT2D eigenvalue weighted by atomic mass is 32.1. The number of nitrogens with one attached hydrogen (secondary N) is 3. The average molecular weight is 254 g/mol. The van der Waals surface area contributed by atoms with Crippen LogP contribution in [-0.2, 0) is 6.42 Å². The summed E-state index contributed by atoms with van der Waals surface area (Å²) in [6, 6.07) is -0.295. The van der Waals surface area contributed by atoms with E-state index in [1.165, 1.54) is 11.3 Å². The van der Waals surface area contributed by atoms with Crippen molar-refractivity contribution in [1.82, 2.24) is 15.6 Å². The predicted molar refractivity (Wildman–Crippen MR) is 65.5 cm³/mol. The lowest BCUT2D eigenvalue weighted by Gasteiger charge is -2.01. The molecule has 2 rings (SSSR count). The Bertz CT molecular complexity index is 444. The Labute approximate surface area is 103 Å². The van der Waals surface area contributed by atoms with Gasteiger partial charge in [0.1, 0.15) is 4.88 Å². The van der Waals surface area contributed by atoms with E-state index in [0.717, 1.165) is 18.5 Å². The summed E-state index contributed by atoms with van der Waals surface area (Å²) in [5.74, 6) is -0.0982. The van der Waals surface area contributed by atoms with Gasteiger partial charge < -0.3 is 10.6 Å². The highest BCUT2D eigenvalue weighted by Gasteiger charge is 2.20. The SMILES string of the molecule is CCNC(=O)Nc1nc2c(s1)C(=O)NCCC2.